The Morgan fingerprint density at radius 3 is 2.89 bits per heavy atom. The van der Waals surface area contributed by atoms with Crippen LogP contribution in [0.25, 0.3) is 10.6 Å². The van der Waals surface area contributed by atoms with Crippen LogP contribution in [-0.2, 0) is 6.42 Å². The second-order valence-corrected chi connectivity index (χ2v) is 5.57. The van der Waals surface area contributed by atoms with Gasteiger partial charge in [-0.05, 0) is 19.9 Å². The number of nitrogens with zero attached hydrogens (tertiary/aromatic N) is 3. The van der Waals surface area contributed by atoms with Gasteiger partial charge in [-0.25, -0.2) is 0 Å². The Balaban J connectivity index is 1.89. The van der Waals surface area contributed by atoms with Crippen molar-refractivity contribution in [1.29, 1.82) is 0 Å². The molecule has 0 unspecified atom stereocenters. The number of aryl methyl sites for hydroxylation is 2. The maximum Gasteiger partial charge on any atom is 0.152 e. The lowest BCUT2D eigenvalue weighted by Crippen LogP contribution is -2.23. The normalized spacial score (nSPS) is 11.3. The molecule has 0 radical (unpaired) electrons. The van der Waals surface area contributed by atoms with E-state index in [0.29, 0.717) is 6.04 Å². The minimum atomic E-state index is 0.537. The van der Waals surface area contributed by atoms with Gasteiger partial charge in [0, 0.05) is 12.5 Å². The average molecular weight is 266 g/mol. The summed E-state index contributed by atoms with van der Waals surface area (Å²) in [6.45, 7) is 7.20. The van der Waals surface area contributed by atoms with E-state index in [1.165, 1.54) is 0 Å². The first kappa shape index (κ1) is 13.2. The standard InChI is InChI=1S/C12H18N4OS/c1-8(2)13-6-4-5-11-15-16-12(18-11)10-7-14-17-9(10)3/h7-8,13H,4-6H2,1-3H3. The SMILES string of the molecule is Cc1oncc1-c1nnc(CCCNC(C)C)s1. The molecule has 0 aliphatic carbocycles. The lowest BCUT2D eigenvalue weighted by atomic mass is 10.3. The van der Waals surface area contributed by atoms with Crippen molar-refractivity contribution in [3.63, 3.8) is 0 Å². The molecule has 2 aromatic rings. The lowest BCUT2D eigenvalue weighted by molar-refractivity contribution is 0.398. The molecule has 2 aromatic heterocycles. The van der Waals surface area contributed by atoms with Crippen LogP contribution in [0.2, 0.25) is 0 Å². The summed E-state index contributed by atoms with van der Waals surface area (Å²) >= 11 is 1.61. The molecule has 0 saturated carbocycles. The first-order valence-corrected chi connectivity index (χ1v) is 6.96. The predicted octanol–water partition coefficient (Wildman–Crippen LogP) is 2.43. The molecule has 0 spiro atoms. The number of nitrogens with one attached hydrogen (secondary N) is 1. The van der Waals surface area contributed by atoms with Crippen LogP contribution >= 0.6 is 11.3 Å². The fourth-order valence-corrected chi connectivity index (χ4v) is 2.54. The zero-order valence-corrected chi connectivity index (χ0v) is 11.8. The van der Waals surface area contributed by atoms with Gasteiger partial charge in [-0.15, -0.1) is 10.2 Å². The summed E-state index contributed by atoms with van der Waals surface area (Å²) in [7, 11) is 0. The first-order chi connectivity index (χ1) is 8.66. The number of aromatic nitrogens is 3. The zero-order chi connectivity index (χ0) is 13.0. The van der Waals surface area contributed by atoms with Gasteiger partial charge in [-0.3, -0.25) is 0 Å². The Bertz CT molecular complexity index is 492. The maximum absolute atomic E-state index is 5.03. The van der Waals surface area contributed by atoms with E-state index in [9.17, 15) is 0 Å². The molecular formula is C12H18N4OS. The Morgan fingerprint density at radius 1 is 1.39 bits per heavy atom. The molecule has 1 N–H and O–H groups in total. The summed E-state index contributed by atoms with van der Waals surface area (Å²) in [5, 5.41) is 17.5. The predicted molar refractivity (Wildman–Crippen MR) is 71.6 cm³/mol. The molecular weight excluding hydrogens is 248 g/mol. The van der Waals surface area contributed by atoms with E-state index in [1.807, 2.05) is 6.92 Å². The average Bonchev–Trinajstić information content (AvgIpc) is 2.92. The van der Waals surface area contributed by atoms with Gasteiger partial charge < -0.3 is 9.84 Å². The van der Waals surface area contributed by atoms with E-state index in [2.05, 4.69) is 34.5 Å². The van der Waals surface area contributed by atoms with E-state index >= 15 is 0 Å². The third-order valence-electron chi connectivity index (χ3n) is 2.57. The van der Waals surface area contributed by atoms with Crippen LogP contribution in [0.1, 0.15) is 31.0 Å². The van der Waals surface area contributed by atoms with Crippen molar-refractivity contribution in [3.05, 3.63) is 17.0 Å². The molecule has 0 saturated heterocycles. The first-order valence-electron chi connectivity index (χ1n) is 6.14. The molecule has 0 bridgehead atoms. The molecule has 0 aliphatic heterocycles. The van der Waals surface area contributed by atoms with Crippen LogP contribution < -0.4 is 5.32 Å². The third-order valence-corrected chi connectivity index (χ3v) is 3.58. The van der Waals surface area contributed by atoms with Crippen LogP contribution in [0.4, 0.5) is 0 Å². The highest BCUT2D eigenvalue weighted by molar-refractivity contribution is 7.14. The second-order valence-electron chi connectivity index (χ2n) is 4.51. The molecule has 6 heteroatoms. The highest BCUT2D eigenvalue weighted by atomic mass is 32.1. The largest absolute Gasteiger partial charge is 0.361 e. The van der Waals surface area contributed by atoms with Gasteiger partial charge in [0.2, 0.25) is 0 Å². The topological polar surface area (TPSA) is 63.8 Å². The number of hydrogen-bond donors (Lipinski definition) is 1. The molecule has 0 amide bonds. The van der Waals surface area contributed by atoms with Gasteiger partial charge in [0.1, 0.15) is 10.8 Å². The Kier molecular flexibility index (Phi) is 4.43. The van der Waals surface area contributed by atoms with E-state index in [-0.39, 0.29) is 0 Å². The minimum Gasteiger partial charge on any atom is -0.361 e. The zero-order valence-electron chi connectivity index (χ0n) is 10.9. The van der Waals surface area contributed by atoms with Crippen LogP contribution in [-0.4, -0.2) is 27.9 Å². The van der Waals surface area contributed by atoms with Crippen molar-refractivity contribution in [2.75, 3.05) is 6.54 Å². The summed E-state index contributed by atoms with van der Waals surface area (Å²) in [5.41, 5.74) is 0.944. The van der Waals surface area contributed by atoms with Gasteiger partial charge in [0.05, 0.1) is 11.8 Å². The number of rotatable bonds is 6. The van der Waals surface area contributed by atoms with E-state index in [1.54, 1.807) is 17.5 Å². The van der Waals surface area contributed by atoms with E-state index in [0.717, 1.165) is 40.7 Å². The highest BCUT2D eigenvalue weighted by Crippen LogP contribution is 2.26. The van der Waals surface area contributed by atoms with Gasteiger partial charge in [-0.1, -0.05) is 30.3 Å². The Labute approximate surface area is 111 Å². The molecule has 0 aromatic carbocycles. The van der Waals surface area contributed by atoms with Crippen molar-refractivity contribution in [1.82, 2.24) is 20.7 Å². The summed E-state index contributed by atoms with van der Waals surface area (Å²) in [5.74, 6) is 0.791. The van der Waals surface area contributed by atoms with Gasteiger partial charge in [-0.2, -0.15) is 0 Å². The van der Waals surface area contributed by atoms with Gasteiger partial charge >= 0.3 is 0 Å². The third kappa shape index (κ3) is 3.36. The summed E-state index contributed by atoms with van der Waals surface area (Å²) < 4.78 is 5.03. The smallest absolute Gasteiger partial charge is 0.152 e. The number of hydrogen-bond acceptors (Lipinski definition) is 6. The molecule has 2 rings (SSSR count). The fraction of sp³-hybridized carbons (Fsp3) is 0.583. The molecule has 0 fully saturated rings. The Hall–Kier alpha value is -1.27. The molecule has 0 aliphatic rings. The minimum absolute atomic E-state index is 0.537. The van der Waals surface area contributed by atoms with Crippen LogP contribution in [0.5, 0.6) is 0 Å². The lowest BCUT2D eigenvalue weighted by Gasteiger charge is -2.05. The van der Waals surface area contributed by atoms with Crippen LogP contribution in [0, 0.1) is 6.92 Å². The molecule has 0 atom stereocenters. The summed E-state index contributed by atoms with van der Waals surface area (Å²) in [6, 6.07) is 0.537. The van der Waals surface area contributed by atoms with Gasteiger partial charge in [0.15, 0.2) is 5.01 Å². The van der Waals surface area contributed by atoms with Crippen molar-refractivity contribution in [2.24, 2.45) is 0 Å². The van der Waals surface area contributed by atoms with Crippen molar-refractivity contribution in [3.8, 4) is 10.6 Å². The monoisotopic (exact) mass is 266 g/mol. The highest BCUT2D eigenvalue weighted by Gasteiger charge is 2.11. The molecule has 18 heavy (non-hydrogen) atoms. The van der Waals surface area contributed by atoms with Gasteiger partial charge in [0.25, 0.3) is 0 Å². The van der Waals surface area contributed by atoms with Crippen LogP contribution in [0.3, 0.4) is 0 Å². The molecule has 98 valence electrons. The van der Waals surface area contributed by atoms with E-state index in [4.69, 9.17) is 4.52 Å². The quantitative estimate of drug-likeness (QED) is 0.814. The summed E-state index contributed by atoms with van der Waals surface area (Å²) in [4.78, 5) is 0. The Morgan fingerprint density at radius 2 is 2.22 bits per heavy atom. The molecule has 2 heterocycles. The summed E-state index contributed by atoms with van der Waals surface area (Å²) in [6.07, 6.45) is 3.73. The van der Waals surface area contributed by atoms with E-state index < -0.39 is 0 Å². The second kappa shape index (κ2) is 6.06. The fourth-order valence-electron chi connectivity index (χ4n) is 1.60. The van der Waals surface area contributed by atoms with Crippen molar-refractivity contribution in [2.45, 2.75) is 39.7 Å². The van der Waals surface area contributed by atoms with Crippen molar-refractivity contribution < 1.29 is 4.52 Å². The molecule has 5 nitrogen and oxygen atoms in total. The maximum atomic E-state index is 5.03. The van der Waals surface area contributed by atoms with Crippen LogP contribution in [0.15, 0.2) is 10.7 Å². The van der Waals surface area contributed by atoms with Crippen molar-refractivity contribution >= 4 is 11.3 Å².